The van der Waals surface area contributed by atoms with Crippen LogP contribution in [0.5, 0.6) is 0 Å². The first-order chi connectivity index (χ1) is 6.09. The van der Waals surface area contributed by atoms with Gasteiger partial charge in [0, 0.05) is 0 Å². The van der Waals surface area contributed by atoms with Crippen LogP contribution in [0.25, 0.3) is 0 Å². The fourth-order valence-corrected chi connectivity index (χ4v) is 0.642. The van der Waals surface area contributed by atoms with E-state index in [1.807, 2.05) is 0 Å². The zero-order valence-electron chi connectivity index (χ0n) is 6.86. The van der Waals surface area contributed by atoms with Crippen LogP contribution in [0.15, 0.2) is 12.4 Å². The second kappa shape index (κ2) is 3.79. The highest BCUT2D eigenvalue weighted by Crippen LogP contribution is 2.00. The molecule has 1 heterocycles. The maximum Gasteiger partial charge on any atom is 0.325 e. The predicted molar refractivity (Wildman–Crippen MR) is 42.7 cm³/mol. The van der Waals surface area contributed by atoms with Crippen LogP contribution in [-0.2, 0) is 4.79 Å². The highest BCUT2D eigenvalue weighted by Gasteiger charge is 2.10. The molecule has 0 saturated heterocycles. The molecular weight excluding hydrogens is 177 g/mol. The first-order valence-corrected chi connectivity index (χ1v) is 3.56. The van der Waals surface area contributed by atoms with E-state index in [2.05, 4.69) is 15.3 Å². The van der Waals surface area contributed by atoms with Gasteiger partial charge in [0.1, 0.15) is 6.04 Å². The number of nitrogens with one attached hydrogen (secondary N) is 1. The number of aliphatic carboxylic acids is 1. The van der Waals surface area contributed by atoms with Gasteiger partial charge in [0.15, 0.2) is 5.82 Å². The molecule has 0 aliphatic carbocycles. The summed E-state index contributed by atoms with van der Waals surface area (Å²) in [4.78, 5) is 17.5. The van der Waals surface area contributed by atoms with Crippen LogP contribution in [-0.4, -0.2) is 27.1 Å². The van der Waals surface area contributed by atoms with Gasteiger partial charge in [-0.15, -0.1) is 0 Å². The highest BCUT2D eigenvalue weighted by atomic mass is 19.1. The number of carboxylic acids is 1. The monoisotopic (exact) mass is 185 g/mol. The molecule has 0 amide bonds. The lowest BCUT2D eigenvalue weighted by Gasteiger charge is -2.07. The third-order valence-corrected chi connectivity index (χ3v) is 1.34. The molecule has 0 aliphatic rings. The first-order valence-electron chi connectivity index (χ1n) is 3.56. The van der Waals surface area contributed by atoms with Gasteiger partial charge < -0.3 is 10.4 Å². The van der Waals surface area contributed by atoms with Crippen LogP contribution < -0.4 is 5.32 Å². The van der Waals surface area contributed by atoms with Gasteiger partial charge in [-0.2, -0.15) is 0 Å². The summed E-state index contributed by atoms with van der Waals surface area (Å²) in [7, 11) is 0. The quantitative estimate of drug-likeness (QED) is 0.717. The van der Waals surface area contributed by atoms with Crippen molar-refractivity contribution in [3.63, 3.8) is 0 Å². The summed E-state index contributed by atoms with van der Waals surface area (Å²) in [5, 5.41) is 11.0. The van der Waals surface area contributed by atoms with Crippen molar-refractivity contribution < 1.29 is 14.3 Å². The lowest BCUT2D eigenvalue weighted by Crippen LogP contribution is -2.26. The van der Waals surface area contributed by atoms with Crippen molar-refractivity contribution in [3.8, 4) is 0 Å². The van der Waals surface area contributed by atoms with Gasteiger partial charge in [0.05, 0.1) is 12.4 Å². The highest BCUT2D eigenvalue weighted by molar-refractivity contribution is 5.75. The number of halogens is 1. The van der Waals surface area contributed by atoms with Crippen molar-refractivity contribution >= 4 is 11.9 Å². The van der Waals surface area contributed by atoms with E-state index >= 15 is 0 Å². The lowest BCUT2D eigenvalue weighted by molar-refractivity contribution is -0.137. The average Bonchev–Trinajstić information content (AvgIpc) is 2.08. The molecule has 1 aromatic rings. The van der Waals surface area contributed by atoms with E-state index in [9.17, 15) is 9.18 Å². The van der Waals surface area contributed by atoms with E-state index in [0.29, 0.717) is 0 Å². The molecule has 0 aliphatic heterocycles. The summed E-state index contributed by atoms with van der Waals surface area (Å²) in [5.41, 5.74) is 0. The minimum absolute atomic E-state index is 0.0938. The fraction of sp³-hybridized carbons (Fsp3) is 0.286. The molecule has 0 unspecified atom stereocenters. The molecular formula is C7H8FN3O2. The number of carbonyl (C=O) groups is 1. The third kappa shape index (κ3) is 2.66. The van der Waals surface area contributed by atoms with Crippen LogP contribution in [0, 0.1) is 5.82 Å². The number of hydrogen-bond acceptors (Lipinski definition) is 4. The Morgan fingerprint density at radius 2 is 2.15 bits per heavy atom. The minimum atomic E-state index is -1.02. The Bertz CT molecular complexity index is 301. The van der Waals surface area contributed by atoms with Gasteiger partial charge in [-0.3, -0.25) is 4.79 Å². The van der Waals surface area contributed by atoms with Gasteiger partial charge >= 0.3 is 5.97 Å². The summed E-state index contributed by atoms with van der Waals surface area (Å²) < 4.78 is 12.3. The molecule has 5 nitrogen and oxygen atoms in total. The summed E-state index contributed by atoms with van der Waals surface area (Å²) in [6.07, 6.45) is 1.92. The lowest BCUT2D eigenvalue weighted by atomic mass is 10.3. The number of carboxylic acid groups (broad SMARTS) is 1. The zero-order valence-corrected chi connectivity index (χ0v) is 6.86. The third-order valence-electron chi connectivity index (χ3n) is 1.34. The summed E-state index contributed by atoms with van der Waals surface area (Å²) in [6, 6.07) is -0.800. The van der Waals surface area contributed by atoms with E-state index in [1.165, 1.54) is 6.92 Å². The van der Waals surface area contributed by atoms with E-state index in [0.717, 1.165) is 12.4 Å². The van der Waals surface area contributed by atoms with Gasteiger partial charge in [-0.05, 0) is 6.92 Å². The van der Waals surface area contributed by atoms with Crippen LogP contribution in [0.1, 0.15) is 6.92 Å². The zero-order chi connectivity index (χ0) is 9.84. The Balaban J connectivity index is 2.64. The molecule has 13 heavy (non-hydrogen) atoms. The summed E-state index contributed by atoms with van der Waals surface area (Å²) in [6.45, 7) is 1.44. The number of hydrogen-bond donors (Lipinski definition) is 2. The molecule has 1 aromatic heterocycles. The van der Waals surface area contributed by atoms with E-state index in [-0.39, 0.29) is 5.95 Å². The second-order valence-electron chi connectivity index (χ2n) is 2.43. The molecule has 1 rings (SSSR count). The topological polar surface area (TPSA) is 75.1 Å². The fourth-order valence-electron chi connectivity index (χ4n) is 0.642. The molecule has 0 saturated carbocycles. The number of aromatic nitrogens is 2. The van der Waals surface area contributed by atoms with Crippen LogP contribution in [0.3, 0.4) is 0 Å². The molecule has 1 atom stereocenters. The molecule has 0 fully saturated rings. The predicted octanol–water partition coefficient (Wildman–Crippen LogP) is 0.501. The Hall–Kier alpha value is -1.72. The molecule has 6 heteroatoms. The van der Waals surface area contributed by atoms with Crippen molar-refractivity contribution in [1.82, 2.24) is 9.97 Å². The SMILES string of the molecule is C[C@H](Nc1ncc(F)cn1)C(=O)O. The number of rotatable bonds is 3. The number of anilines is 1. The van der Waals surface area contributed by atoms with Crippen molar-refractivity contribution in [2.75, 3.05) is 5.32 Å². The van der Waals surface area contributed by atoms with Crippen LogP contribution >= 0.6 is 0 Å². The summed E-state index contributed by atoms with van der Waals surface area (Å²) >= 11 is 0. The van der Waals surface area contributed by atoms with Crippen LogP contribution in [0.2, 0.25) is 0 Å². The Kier molecular flexibility index (Phi) is 2.73. The Morgan fingerprint density at radius 3 is 2.62 bits per heavy atom. The Morgan fingerprint density at radius 1 is 1.62 bits per heavy atom. The van der Waals surface area contributed by atoms with Crippen LogP contribution in [0.4, 0.5) is 10.3 Å². The van der Waals surface area contributed by atoms with E-state index < -0.39 is 17.8 Å². The standard InChI is InChI=1S/C7H8FN3O2/c1-4(6(12)13)11-7-9-2-5(8)3-10-7/h2-4H,1H3,(H,12,13)(H,9,10,11)/t4-/m0/s1. The van der Waals surface area contributed by atoms with Gasteiger partial charge in [-0.1, -0.05) is 0 Å². The van der Waals surface area contributed by atoms with Crippen molar-refractivity contribution in [3.05, 3.63) is 18.2 Å². The molecule has 2 N–H and O–H groups in total. The normalized spacial score (nSPS) is 12.2. The maximum atomic E-state index is 12.3. The molecule has 0 bridgehead atoms. The molecule has 70 valence electrons. The second-order valence-corrected chi connectivity index (χ2v) is 2.43. The van der Waals surface area contributed by atoms with Gasteiger partial charge in [0.25, 0.3) is 0 Å². The largest absolute Gasteiger partial charge is 0.480 e. The molecule has 0 spiro atoms. The van der Waals surface area contributed by atoms with E-state index in [4.69, 9.17) is 5.11 Å². The van der Waals surface area contributed by atoms with Crippen molar-refractivity contribution in [2.24, 2.45) is 0 Å². The Labute approximate surface area is 73.6 Å². The van der Waals surface area contributed by atoms with Gasteiger partial charge in [-0.25, -0.2) is 14.4 Å². The molecule has 0 radical (unpaired) electrons. The number of nitrogens with zero attached hydrogens (tertiary/aromatic N) is 2. The van der Waals surface area contributed by atoms with Crippen molar-refractivity contribution in [1.29, 1.82) is 0 Å². The van der Waals surface area contributed by atoms with E-state index in [1.54, 1.807) is 0 Å². The molecule has 0 aromatic carbocycles. The smallest absolute Gasteiger partial charge is 0.325 e. The maximum absolute atomic E-state index is 12.3. The average molecular weight is 185 g/mol. The van der Waals surface area contributed by atoms with Gasteiger partial charge in [0.2, 0.25) is 5.95 Å². The van der Waals surface area contributed by atoms with Crippen molar-refractivity contribution in [2.45, 2.75) is 13.0 Å². The minimum Gasteiger partial charge on any atom is -0.480 e. The summed E-state index contributed by atoms with van der Waals surface area (Å²) in [5.74, 6) is -1.49. The first kappa shape index (κ1) is 9.37.